The molecule has 0 fully saturated rings. The van der Waals surface area contributed by atoms with Crippen molar-refractivity contribution in [2.24, 2.45) is 0 Å². The van der Waals surface area contributed by atoms with Crippen LogP contribution in [0.25, 0.3) is 0 Å². The summed E-state index contributed by atoms with van der Waals surface area (Å²) in [6.07, 6.45) is 0. The van der Waals surface area contributed by atoms with Gasteiger partial charge in [0, 0.05) is 5.97 Å². The summed E-state index contributed by atoms with van der Waals surface area (Å²) < 4.78 is 0. The molecule has 0 aromatic rings. The fraction of sp³-hybridized carbons (Fsp3) is 0.500. The molecule has 0 aromatic heterocycles. The van der Waals surface area contributed by atoms with Crippen molar-refractivity contribution in [3.63, 3.8) is 0 Å². The molecule has 0 bridgehead atoms. The molecule has 0 unspecified atom stereocenters. The van der Waals surface area contributed by atoms with E-state index in [0.29, 0.717) is 0 Å². The van der Waals surface area contributed by atoms with Gasteiger partial charge in [-0.15, -0.1) is 0 Å². The molecule has 34 valence electrons. The van der Waals surface area contributed by atoms with Crippen LogP contribution in [0.1, 0.15) is 6.92 Å². The van der Waals surface area contributed by atoms with Gasteiger partial charge in [0.1, 0.15) is 0 Å². The van der Waals surface area contributed by atoms with Crippen LogP contribution in [-0.2, 0) is 26.5 Å². The summed E-state index contributed by atoms with van der Waals surface area (Å²) in [7, 11) is 0. The Labute approximate surface area is 57.2 Å². The maximum Gasteiger partial charge on any atom is 2.00 e. The summed E-state index contributed by atoms with van der Waals surface area (Å²) >= 11 is 0. The van der Waals surface area contributed by atoms with Crippen molar-refractivity contribution in [3.8, 4) is 0 Å². The van der Waals surface area contributed by atoms with Crippen molar-refractivity contribution in [2.45, 2.75) is 6.92 Å². The summed E-state index contributed by atoms with van der Waals surface area (Å²) in [5.74, 6) is -1.08. The fourth-order valence-electron chi connectivity index (χ4n) is 0. The quantitative estimate of drug-likeness (QED) is 0.322. The topological polar surface area (TPSA) is 40.1 Å². The van der Waals surface area contributed by atoms with Gasteiger partial charge in [-0.1, -0.05) is 0 Å². The van der Waals surface area contributed by atoms with Crippen molar-refractivity contribution >= 4 is 5.97 Å². The number of carbonyl (C=O) groups excluding carboxylic acids is 1. The Morgan fingerprint density at radius 3 is 1.67 bits per heavy atom. The van der Waals surface area contributed by atoms with E-state index in [4.69, 9.17) is 9.90 Å². The van der Waals surface area contributed by atoms with E-state index in [9.17, 15) is 0 Å². The maximum absolute atomic E-state index is 8.89. The first-order valence-corrected chi connectivity index (χ1v) is 0.908. The molecule has 0 heterocycles. The van der Waals surface area contributed by atoms with Crippen molar-refractivity contribution < 1.29 is 44.0 Å². The monoisotopic (exact) mass is 142 g/mol. The molecule has 0 amide bonds. The van der Waals surface area contributed by atoms with Gasteiger partial charge in [0.05, 0.1) is 0 Å². The van der Waals surface area contributed by atoms with Crippen LogP contribution in [0.3, 0.4) is 0 Å². The van der Waals surface area contributed by atoms with Crippen molar-refractivity contribution in [1.82, 2.24) is 0 Å². The first-order chi connectivity index (χ1) is 1.73. The van der Waals surface area contributed by atoms with E-state index in [0.717, 1.165) is 6.92 Å². The fourth-order valence-corrected chi connectivity index (χ4v) is 0. The van der Waals surface area contributed by atoms with Crippen molar-refractivity contribution in [1.29, 1.82) is 0 Å². The molecule has 4 heteroatoms. The minimum absolute atomic E-state index is 0. The SMILES string of the molecule is CC(=O)[O-].[Cl-].[Ti+2]. The maximum atomic E-state index is 8.89. The normalized spacial score (nSPS) is 4.17. The average molecular weight is 142 g/mol. The Balaban J connectivity index is -0.0000000450. The van der Waals surface area contributed by atoms with E-state index in [1.165, 1.54) is 0 Å². The number of halogens is 1. The first kappa shape index (κ1) is 16.1. The first-order valence-electron chi connectivity index (χ1n) is 0.908. The van der Waals surface area contributed by atoms with Crippen LogP contribution in [-0.4, -0.2) is 5.97 Å². The summed E-state index contributed by atoms with van der Waals surface area (Å²) in [5.41, 5.74) is 0. The van der Waals surface area contributed by atoms with Crippen LogP contribution >= 0.6 is 0 Å². The predicted molar refractivity (Wildman–Crippen MR) is 10.7 cm³/mol. The molecule has 0 aliphatic carbocycles. The Bertz CT molecular complexity index is 34.5. The van der Waals surface area contributed by atoms with Crippen LogP contribution in [0, 0.1) is 0 Å². The smallest absolute Gasteiger partial charge is 1.00 e. The Morgan fingerprint density at radius 2 is 1.67 bits per heavy atom. The molecule has 0 N–H and O–H groups in total. The van der Waals surface area contributed by atoms with Gasteiger partial charge in [-0.2, -0.15) is 0 Å². The number of carboxylic acid groups (broad SMARTS) is 1. The van der Waals surface area contributed by atoms with Crippen LogP contribution < -0.4 is 17.5 Å². The average Bonchev–Trinajstić information content (AvgIpc) is 0.811. The largest absolute Gasteiger partial charge is 2.00 e. The number of carboxylic acids is 1. The van der Waals surface area contributed by atoms with E-state index < -0.39 is 5.97 Å². The molecular weight excluding hydrogens is 139 g/mol. The zero-order valence-corrected chi connectivity index (χ0v) is 5.51. The Kier molecular flexibility index (Phi) is 24.3. The minimum atomic E-state index is -1.08. The molecule has 0 aliphatic heterocycles. The van der Waals surface area contributed by atoms with Gasteiger partial charge < -0.3 is 22.3 Å². The van der Waals surface area contributed by atoms with Crippen LogP contribution in [0.5, 0.6) is 0 Å². The predicted octanol–water partition coefficient (Wildman–Crippen LogP) is -4.24. The number of rotatable bonds is 0. The molecule has 0 rings (SSSR count). The summed E-state index contributed by atoms with van der Waals surface area (Å²) in [6.45, 7) is 0.972. The van der Waals surface area contributed by atoms with Crippen molar-refractivity contribution in [2.75, 3.05) is 0 Å². The second-order valence-electron chi connectivity index (χ2n) is 0.492. The zero-order valence-electron chi connectivity index (χ0n) is 3.19. The Morgan fingerprint density at radius 1 is 1.67 bits per heavy atom. The van der Waals surface area contributed by atoms with Gasteiger partial charge in [0.15, 0.2) is 0 Å². The third-order valence-corrected chi connectivity index (χ3v) is 0. The third kappa shape index (κ3) is 240. The van der Waals surface area contributed by atoms with Gasteiger partial charge in [-0.3, -0.25) is 0 Å². The number of hydrogen-bond donors (Lipinski definition) is 0. The number of aliphatic carboxylic acids is 1. The van der Waals surface area contributed by atoms with Crippen molar-refractivity contribution in [3.05, 3.63) is 0 Å². The minimum Gasteiger partial charge on any atom is -1.00 e. The second kappa shape index (κ2) is 9.08. The van der Waals surface area contributed by atoms with E-state index in [-0.39, 0.29) is 34.1 Å². The molecule has 2 nitrogen and oxygen atoms in total. The molecule has 0 saturated carbocycles. The summed E-state index contributed by atoms with van der Waals surface area (Å²) in [5, 5.41) is 8.89. The molecular formula is C2H3ClO2Ti. The molecule has 0 aromatic carbocycles. The molecule has 0 aliphatic rings. The second-order valence-corrected chi connectivity index (χ2v) is 0.492. The van der Waals surface area contributed by atoms with E-state index in [2.05, 4.69) is 0 Å². The molecule has 0 atom stereocenters. The standard InChI is InChI=1S/C2H4O2.ClH.Ti/c1-2(3)4;;/h1H3,(H,3,4);1H;/q;;+2/p-2. The summed E-state index contributed by atoms with van der Waals surface area (Å²) in [6, 6.07) is 0. The van der Waals surface area contributed by atoms with Gasteiger partial charge in [-0.25, -0.2) is 0 Å². The molecule has 6 heavy (non-hydrogen) atoms. The zero-order chi connectivity index (χ0) is 3.58. The number of carbonyl (C=O) groups is 1. The van der Waals surface area contributed by atoms with Gasteiger partial charge >= 0.3 is 21.7 Å². The molecule has 0 spiro atoms. The van der Waals surface area contributed by atoms with Gasteiger partial charge in [0.2, 0.25) is 0 Å². The van der Waals surface area contributed by atoms with Gasteiger partial charge in [0.25, 0.3) is 0 Å². The molecule has 0 radical (unpaired) electrons. The van der Waals surface area contributed by atoms with E-state index in [1.54, 1.807) is 0 Å². The van der Waals surface area contributed by atoms with Gasteiger partial charge in [-0.05, 0) is 6.92 Å². The van der Waals surface area contributed by atoms with Crippen LogP contribution in [0.15, 0.2) is 0 Å². The van der Waals surface area contributed by atoms with Crippen LogP contribution in [0.2, 0.25) is 0 Å². The number of hydrogen-bond acceptors (Lipinski definition) is 2. The summed E-state index contributed by atoms with van der Waals surface area (Å²) in [4.78, 5) is 8.89. The third-order valence-electron chi connectivity index (χ3n) is 0. The van der Waals surface area contributed by atoms with E-state index in [1.807, 2.05) is 0 Å². The Hall–Kier alpha value is 0.474. The molecule has 0 saturated heterocycles. The van der Waals surface area contributed by atoms with E-state index >= 15 is 0 Å². The van der Waals surface area contributed by atoms with Crippen LogP contribution in [0.4, 0.5) is 0 Å².